The molecule has 0 aliphatic carbocycles. The Morgan fingerprint density at radius 3 is 2.65 bits per heavy atom. The number of hydrogen-bond donors (Lipinski definition) is 2. The van der Waals surface area contributed by atoms with Gasteiger partial charge in [0.25, 0.3) is 5.56 Å². The van der Waals surface area contributed by atoms with Gasteiger partial charge in [0.15, 0.2) is 0 Å². The van der Waals surface area contributed by atoms with Crippen molar-refractivity contribution >= 4 is 44.5 Å². The van der Waals surface area contributed by atoms with Crippen LogP contribution in [0.1, 0.15) is 11.1 Å². The molecule has 0 unspecified atom stereocenters. The van der Waals surface area contributed by atoms with Gasteiger partial charge >= 0.3 is 0 Å². The van der Waals surface area contributed by atoms with Crippen molar-refractivity contribution < 1.29 is 5.11 Å². The van der Waals surface area contributed by atoms with Crippen LogP contribution in [0, 0.1) is 0 Å². The summed E-state index contributed by atoms with van der Waals surface area (Å²) < 4.78 is 0.822. The summed E-state index contributed by atoms with van der Waals surface area (Å²) in [6.45, 7) is 0.450. The topological polar surface area (TPSA) is 65.5 Å². The van der Waals surface area contributed by atoms with E-state index >= 15 is 0 Å². The molecule has 0 atom stereocenters. The van der Waals surface area contributed by atoms with Gasteiger partial charge < -0.3 is 5.11 Å². The van der Waals surface area contributed by atoms with Gasteiger partial charge in [0.1, 0.15) is 0 Å². The van der Waals surface area contributed by atoms with Gasteiger partial charge in [-0.15, -0.1) is 0 Å². The van der Waals surface area contributed by atoms with Crippen molar-refractivity contribution in [2.45, 2.75) is 6.54 Å². The first-order chi connectivity index (χ1) is 11.0. The quantitative estimate of drug-likeness (QED) is 0.655. The normalized spacial score (nSPS) is 11.4. The minimum Gasteiger partial charge on any atom is -0.494 e. The zero-order chi connectivity index (χ0) is 16.4. The standard InChI is InChI=1S/C17H12BrClN2O2/c18-11-3-6-13-14(7-11)15(17(23)21-16(13)22)9-20-8-10-1-4-12(19)5-2-10/h1-7,9H,8H2,(H2,21,22,23). The lowest BCUT2D eigenvalue weighted by atomic mass is 10.1. The molecule has 0 bridgehead atoms. The third-order valence-electron chi connectivity index (χ3n) is 3.41. The molecule has 0 spiro atoms. The minimum absolute atomic E-state index is 0.194. The van der Waals surface area contributed by atoms with Crippen molar-refractivity contribution in [3.8, 4) is 5.88 Å². The molecule has 23 heavy (non-hydrogen) atoms. The van der Waals surface area contributed by atoms with E-state index < -0.39 is 0 Å². The van der Waals surface area contributed by atoms with Crippen molar-refractivity contribution in [3.63, 3.8) is 0 Å². The summed E-state index contributed by atoms with van der Waals surface area (Å²) in [5, 5.41) is 11.8. The summed E-state index contributed by atoms with van der Waals surface area (Å²) in [5.41, 5.74) is 1.15. The molecule has 0 aliphatic rings. The Hall–Kier alpha value is -2.11. The van der Waals surface area contributed by atoms with Crippen LogP contribution in [0.25, 0.3) is 10.8 Å². The van der Waals surface area contributed by atoms with Crippen LogP contribution in [0.5, 0.6) is 5.88 Å². The highest BCUT2D eigenvalue weighted by molar-refractivity contribution is 9.10. The van der Waals surface area contributed by atoms with Crippen LogP contribution in [0.15, 0.2) is 56.7 Å². The van der Waals surface area contributed by atoms with E-state index in [0.717, 1.165) is 10.0 Å². The summed E-state index contributed by atoms with van der Waals surface area (Å²) in [4.78, 5) is 18.7. The Labute approximate surface area is 145 Å². The Morgan fingerprint density at radius 1 is 1.17 bits per heavy atom. The second kappa shape index (κ2) is 6.56. The molecule has 0 saturated heterocycles. The van der Waals surface area contributed by atoms with Crippen molar-refractivity contribution in [1.29, 1.82) is 0 Å². The second-order valence-electron chi connectivity index (χ2n) is 5.00. The van der Waals surface area contributed by atoms with Gasteiger partial charge in [-0.25, -0.2) is 0 Å². The van der Waals surface area contributed by atoms with Gasteiger partial charge in [0, 0.05) is 26.5 Å². The largest absolute Gasteiger partial charge is 0.494 e. The molecule has 0 aliphatic heterocycles. The fourth-order valence-corrected chi connectivity index (χ4v) is 2.76. The summed E-state index contributed by atoms with van der Waals surface area (Å²) >= 11 is 9.22. The van der Waals surface area contributed by atoms with Crippen molar-refractivity contribution in [2.75, 3.05) is 0 Å². The SMILES string of the molecule is O=c1[nH]c(O)c(C=NCc2ccc(Cl)cc2)c2cc(Br)ccc12. The maximum absolute atomic E-state index is 11.9. The van der Waals surface area contributed by atoms with Crippen LogP contribution < -0.4 is 5.56 Å². The van der Waals surface area contributed by atoms with Gasteiger partial charge in [-0.3, -0.25) is 14.8 Å². The van der Waals surface area contributed by atoms with Gasteiger partial charge in [0.2, 0.25) is 5.88 Å². The second-order valence-corrected chi connectivity index (χ2v) is 6.35. The lowest BCUT2D eigenvalue weighted by molar-refractivity contribution is 0.452. The van der Waals surface area contributed by atoms with Gasteiger partial charge in [0.05, 0.1) is 12.1 Å². The Morgan fingerprint density at radius 2 is 1.91 bits per heavy atom. The summed E-state index contributed by atoms with van der Waals surface area (Å²) in [6, 6.07) is 12.7. The van der Waals surface area contributed by atoms with E-state index in [1.54, 1.807) is 36.5 Å². The molecule has 3 rings (SSSR count). The van der Waals surface area contributed by atoms with E-state index in [1.165, 1.54) is 0 Å². The number of nitrogens with one attached hydrogen (secondary N) is 1. The Balaban J connectivity index is 1.99. The van der Waals surface area contributed by atoms with Crippen LogP contribution in [-0.4, -0.2) is 16.3 Å². The predicted octanol–water partition coefficient (Wildman–Crippen LogP) is 4.27. The molecule has 116 valence electrons. The lowest BCUT2D eigenvalue weighted by Crippen LogP contribution is -2.08. The van der Waals surface area contributed by atoms with Crippen LogP contribution >= 0.6 is 27.5 Å². The highest BCUT2D eigenvalue weighted by Gasteiger charge is 2.09. The van der Waals surface area contributed by atoms with Crippen LogP contribution in [0.3, 0.4) is 0 Å². The third kappa shape index (κ3) is 3.46. The summed E-state index contributed by atoms with van der Waals surface area (Å²) in [6.07, 6.45) is 1.56. The average molecular weight is 392 g/mol. The average Bonchev–Trinajstić information content (AvgIpc) is 2.52. The molecule has 0 saturated carbocycles. The number of aromatic amines is 1. The predicted molar refractivity (Wildman–Crippen MR) is 96.7 cm³/mol. The van der Waals surface area contributed by atoms with E-state index in [0.29, 0.717) is 27.9 Å². The zero-order valence-electron chi connectivity index (χ0n) is 11.9. The summed E-state index contributed by atoms with van der Waals surface area (Å²) in [7, 11) is 0. The molecule has 2 aromatic carbocycles. The highest BCUT2D eigenvalue weighted by Crippen LogP contribution is 2.24. The minimum atomic E-state index is -0.333. The highest BCUT2D eigenvalue weighted by atomic mass is 79.9. The van der Waals surface area contributed by atoms with Crippen molar-refractivity contribution in [2.24, 2.45) is 4.99 Å². The molecule has 6 heteroatoms. The first-order valence-electron chi connectivity index (χ1n) is 6.83. The number of fused-ring (bicyclic) bond motifs is 1. The first kappa shape index (κ1) is 15.8. The van der Waals surface area contributed by atoms with Crippen LogP contribution in [0.2, 0.25) is 5.02 Å². The number of halogens is 2. The Bertz CT molecular complexity index is 949. The Kier molecular flexibility index (Phi) is 4.50. The number of benzene rings is 2. The number of aromatic nitrogens is 1. The zero-order valence-corrected chi connectivity index (χ0v) is 14.2. The molecule has 2 N–H and O–H groups in total. The third-order valence-corrected chi connectivity index (χ3v) is 4.16. The van der Waals surface area contributed by atoms with Gasteiger partial charge in [-0.1, -0.05) is 39.7 Å². The fourth-order valence-electron chi connectivity index (χ4n) is 2.27. The molecular weight excluding hydrogens is 380 g/mol. The number of rotatable bonds is 3. The number of nitrogens with zero attached hydrogens (tertiary/aromatic N) is 1. The van der Waals surface area contributed by atoms with E-state index in [4.69, 9.17) is 11.6 Å². The lowest BCUT2D eigenvalue weighted by Gasteiger charge is -2.05. The molecule has 3 aromatic rings. The molecule has 1 aromatic heterocycles. The molecule has 0 amide bonds. The van der Waals surface area contributed by atoms with Gasteiger partial charge in [-0.05, 0) is 35.9 Å². The maximum Gasteiger partial charge on any atom is 0.258 e. The molecule has 4 nitrogen and oxygen atoms in total. The van der Waals surface area contributed by atoms with E-state index in [1.807, 2.05) is 12.1 Å². The number of pyridine rings is 1. The smallest absolute Gasteiger partial charge is 0.258 e. The van der Waals surface area contributed by atoms with Crippen LogP contribution in [-0.2, 0) is 6.54 Å². The fraction of sp³-hybridized carbons (Fsp3) is 0.0588. The molecule has 0 fully saturated rings. The van der Waals surface area contributed by atoms with E-state index in [-0.39, 0.29) is 11.4 Å². The monoisotopic (exact) mass is 390 g/mol. The molecule has 1 heterocycles. The first-order valence-corrected chi connectivity index (χ1v) is 8.00. The van der Waals surface area contributed by atoms with Crippen molar-refractivity contribution in [3.05, 3.63) is 73.4 Å². The summed E-state index contributed by atoms with van der Waals surface area (Å²) in [5.74, 6) is -0.194. The number of hydrogen-bond acceptors (Lipinski definition) is 3. The molecule has 0 radical (unpaired) electrons. The molecular formula is C17H12BrClN2O2. The van der Waals surface area contributed by atoms with E-state index in [9.17, 15) is 9.90 Å². The van der Waals surface area contributed by atoms with E-state index in [2.05, 4.69) is 25.9 Å². The number of aliphatic imine (C=N–C) groups is 1. The number of aromatic hydroxyl groups is 1. The van der Waals surface area contributed by atoms with Crippen molar-refractivity contribution in [1.82, 2.24) is 4.98 Å². The van der Waals surface area contributed by atoms with Gasteiger partial charge in [-0.2, -0.15) is 0 Å². The number of H-pyrrole nitrogens is 1. The maximum atomic E-state index is 11.9. The van der Waals surface area contributed by atoms with Crippen LogP contribution in [0.4, 0.5) is 0 Å².